The molecule has 1 heterocycles. The summed E-state index contributed by atoms with van der Waals surface area (Å²) < 4.78 is 19.3. The molecule has 0 aliphatic heterocycles. The lowest BCUT2D eigenvalue weighted by Gasteiger charge is -2.10. The van der Waals surface area contributed by atoms with Gasteiger partial charge in [-0.3, -0.25) is 4.79 Å². The van der Waals surface area contributed by atoms with Crippen LogP contribution >= 0.6 is 0 Å². The molecule has 1 amide bonds. The van der Waals surface area contributed by atoms with Crippen LogP contribution in [0.1, 0.15) is 59.7 Å². The summed E-state index contributed by atoms with van der Waals surface area (Å²) in [5.41, 5.74) is 1.08. The van der Waals surface area contributed by atoms with Gasteiger partial charge in [0.1, 0.15) is 5.69 Å². The Bertz CT molecular complexity index is 1070. The molecule has 1 aromatic carbocycles. The fourth-order valence-corrected chi connectivity index (χ4v) is 3.04. The van der Waals surface area contributed by atoms with E-state index in [0.29, 0.717) is 11.3 Å². The summed E-state index contributed by atoms with van der Waals surface area (Å²) >= 11 is 0. The molecule has 2 aromatic rings. The Labute approximate surface area is 189 Å². The number of aromatic amines is 1. The van der Waals surface area contributed by atoms with Crippen molar-refractivity contribution in [3.8, 4) is 0 Å². The SMILES string of the molecule is CCOC(=O)c1[nH]c(C)c(C(=O)OCC(=O)Nc2cc(C(=O)OC)cc(C(=O)OC)c2)c1C. The third-order valence-electron chi connectivity index (χ3n) is 4.51. The van der Waals surface area contributed by atoms with Crippen LogP contribution < -0.4 is 5.32 Å². The number of nitrogens with one attached hydrogen (secondary N) is 2. The smallest absolute Gasteiger partial charge is 0.355 e. The summed E-state index contributed by atoms with van der Waals surface area (Å²) in [6.45, 7) is 4.31. The number of amides is 1. The fraction of sp³-hybridized carbons (Fsp3) is 0.318. The topological polar surface area (TPSA) is 150 Å². The molecule has 2 N–H and O–H groups in total. The third-order valence-corrected chi connectivity index (χ3v) is 4.51. The average Bonchev–Trinajstić information content (AvgIpc) is 3.10. The highest BCUT2D eigenvalue weighted by Crippen LogP contribution is 2.20. The van der Waals surface area contributed by atoms with Crippen molar-refractivity contribution in [1.29, 1.82) is 0 Å². The molecule has 0 unspecified atom stereocenters. The van der Waals surface area contributed by atoms with Crippen molar-refractivity contribution in [2.24, 2.45) is 0 Å². The van der Waals surface area contributed by atoms with Gasteiger partial charge < -0.3 is 29.2 Å². The molecule has 33 heavy (non-hydrogen) atoms. The molecule has 0 aliphatic carbocycles. The molecule has 1 aromatic heterocycles. The number of methoxy groups -OCH3 is 2. The first-order valence-electron chi connectivity index (χ1n) is 9.77. The number of benzene rings is 1. The summed E-state index contributed by atoms with van der Waals surface area (Å²) in [5.74, 6) is -3.60. The normalized spacial score (nSPS) is 10.2. The standard InChI is InChI=1S/C22H24N2O9/c1-6-32-22(29)18-11(2)17(12(3)23-18)21(28)33-10-16(25)24-15-8-13(19(26)30-4)7-14(9-15)20(27)31-5/h7-9,23H,6,10H2,1-5H3,(H,24,25). The van der Waals surface area contributed by atoms with Gasteiger partial charge in [-0.1, -0.05) is 0 Å². The number of hydrogen-bond donors (Lipinski definition) is 2. The minimum atomic E-state index is -0.814. The van der Waals surface area contributed by atoms with Crippen LogP contribution in [0.4, 0.5) is 5.69 Å². The van der Waals surface area contributed by atoms with Crippen LogP contribution in [0.25, 0.3) is 0 Å². The van der Waals surface area contributed by atoms with Gasteiger partial charge in [0, 0.05) is 11.4 Å². The maximum absolute atomic E-state index is 12.5. The summed E-state index contributed by atoms with van der Waals surface area (Å²) in [5, 5.41) is 2.44. The van der Waals surface area contributed by atoms with Crippen molar-refractivity contribution in [3.63, 3.8) is 0 Å². The molecule has 0 spiro atoms. The minimum absolute atomic E-state index is 0.0118. The van der Waals surface area contributed by atoms with E-state index in [1.807, 2.05) is 0 Å². The van der Waals surface area contributed by atoms with E-state index in [0.717, 1.165) is 0 Å². The van der Waals surface area contributed by atoms with Gasteiger partial charge in [-0.15, -0.1) is 0 Å². The van der Waals surface area contributed by atoms with Crippen LogP contribution in [0.3, 0.4) is 0 Å². The van der Waals surface area contributed by atoms with E-state index in [2.05, 4.69) is 19.8 Å². The first-order chi connectivity index (χ1) is 15.6. The van der Waals surface area contributed by atoms with Crippen LogP contribution in [0.2, 0.25) is 0 Å². The predicted octanol–water partition coefficient (Wildman–Crippen LogP) is 2.18. The van der Waals surface area contributed by atoms with Gasteiger partial charge in [0.2, 0.25) is 0 Å². The zero-order valence-corrected chi connectivity index (χ0v) is 18.8. The first kappa shape index (κ1) is 25.1. The molecule has 0 saturated carbocycles. The molecule has 176 valence electrons. The summed E-state index contributed by atoms with van der Waals surface area (Å²) in [4.78, 5) is 63.3. The predicted molar refractivity (Wildman–Crippen MR) is 114 cm³/mol. The van der Waals surface area contributed by atoms with Crippen molar-refractivity contribution in [2.45, 2.75) is 20.8 Å². The highest BCUT2D eigenvalue weighted by molar-refractivity contribution is 6.02. The second-order valence-corrected chi connectivity index (χ2v) is 6.75. The largest absolute Gasteiger partial charge is 0.465 e. The Morgan fingerprint density at radius 2 is 1.42 bits per heavy atom. The maximum Gasteiger partial charge on any atom is 0.355 e. The Hall–Kier alpha value is -4.15. The number of esters is 4. The van der Waals surface area contributed by atoms with Crippen LogP contribution in [0, 0.1) is 13.8 Å². The number of carbonyl (C=O) groups excluding carboxylic acids is 5. The Morgan fingerprint density at radius 3 is 1.94 bits per heavy atom. The summed E-state index contributed by atoms with van der Waals surface area (Å²) in [6, 6.07) is 3.85. The number of anilines is 1. The maximum atomic E-state index is 12.5. The molecule has 0 atom stereocenters. The van der Waals surface area contributed by atoms with Crippen molar-refractivity contribution >= 4 is 35.5 Å². The van der Waals surface area contributed by atoms with Gasteiger partial charge in [-0.2, -0.15) is 0 Å². The minimum Gasteiger partial charge on any atom is -0.465 e. The van der Waals surface area contributed by atoms with Crippen LogP contribution in [-0.4, -0.2) is 62.2 Å². The third kappa shape index (κ3) is 5.97. The van der Waals surface area contributed by atoms with E-state index < -0.39 is 36.4 Å². The van der Waals surface area contributed by atoms with E-state index in [4.69, 9.17) is 9.47 Å². The second kappa shape index (κ2) is 10.9. The van der Waals surface area contributed by atoms with Crippen molar-refractivity contribution < 1.29 is 42.9 Å². The highest BCUT2D eigenvalue weighted by Gasteiger charge is 2.24. The van der Waals surface area contributed by atoms with E-state index in [1.54, 1.807) is 20.8 Å². The molecule has 0 bridgehead atoms. The molecule has 2 rings (SSSR count). The number of H-pyrrole nitrogens is 1. The van der Waals surface area contributed by atoms with Crippen molar-refractivity contribution in [2.75, 3.05) is 32.8 Å². The van der Waals surface area contributed by atoms with Crippen LogP contribution in [-0.2, 0) is 23.7 Å². The Balaban J connectivity index is 2.13. The zero-order valence-electron chi connectivity index (χ0n) is 18.8. The van der Waals surface area contributed by atoms with Crippen molar-refractivity contribution in [1.82, 2.24) is 4.98 Å². The van der Waals surface area contributed by atoms with E-state index in [9.17, 15) is 24.0 Å². The molecule has 0 saturated heterocycles. The number of aromatic nitrogens is 1. The Kier molecular flexibility index (Phi) is 8.32. The Morgan fingerprint density at radius 1 is 0.848 bits per heavy atom. The van der Waals surface area contributed by atoms with Crippen LogP contribution in [0.5, 0.6) is 0 Å². The second-order valence-electron chi connectivity index (χ2n) is 6.75. The van der Waals surface area contributed by atoms with Gasteiger partial charge in [0.15, 0.2) is 6.61 Å². The van der Waals surface area contributed by atoms with Gasteiger partial charge >= 0.3 is 23.9 Å². The lowest BCUT2D eigenvalue weighted by molar-refractivity contribution is -0.119. The quantitative estimate of drug-likeness (QED) is 0.446. The summed E-state index contributed by atoms with van der Waals surface area (Å²) in [7, 11) is 2.34. The van der Waals surface area contributed by atoms with E-state index in [1.165, 1.54) is 32.4 Å². The molecule has 0 radical (unpaired) electrons. The molecule has 0 aliphatic rings. The van der Waals surface area contributed by atoms with E-state index in [-0.39, 0.29) is 34.7 Å². The number of ether oxygens (including phenoxy) is 4. The monoisotopic (exact) mass is 460 g/mol. The van der Waals surface area contributed by atoms with Crippen molar-refractivity contribution in [3.05, 3.63) is 51.8 Å². The number of carbonyl (C=O) groups is 5. The van der Waals surface area contributed by atoms with Gasteiger partial charge in [0.25, 0.3) is 5.91 Å². The number of hydrogen-bond acceptors (Lipinski definition) is 9. The molecular weight excluding hydrogens is 436 g/mol. The number of aryl methyl sites for hydroxylation is 1. The lowest BCUT2D eigenvalue weighted by atomic mass is 10.1. The lowest BCUT2D eigenvalue weighted by Crippen LogP contribution is -2.22. The van der Waals surface area contributed by atoms with Gasteiger partial charge in [0.05, 0.1) is 37.5 Å². The summed E-state index contributed by atoms with van der Waals surface area (Å²) in [6.07, 6.45) is 0. The molecule has 11 nitrogen and oxygen atoms in total. The molecule has 11 heteroatoms. The van der Waals surface area contributed by atoms with Crippen LogP contribution in [0.15, 0.2) is 18.2 Å². The molecule has 0 fully saturated rings. The van der Waals surface area contributed by atoms with E-state index >= 15 is 0 Å². The average molecular weight is 460 g/mol. The highest BCUT2D eigenvalue weighted by atomic mass is 16.5. The fourth-order valence-electron chi connectivity index (χ4n) is 3.04. The van der Waals surface area contributed by atoms with Gasteiger partial charge in [-0.25, -0.2) is 19.2 Å². The zero-order chi connectivity index (χ0) is 24.7. The first-order valence-corrected chi connectivity index (χ1v) is 9.77. The van der Waals surface area contributed by atoms with Gasteiger partial charge in [-0.05, 0) is 44.5 Å². The number of rotatable bonds is 8. The molecular formula is C22H24N2O9.